The van der Waals surface area contributed by atoms with Crippen LogP contribution in [0.4, 0.5) is 0 Å². The summed E-state index contributed by atoms with van der Waals surface area (Å²) in [7, 11) is -3.13. The Hall–Kier alpha value is 1.99. The molecule has 0 aromatic carbocycles. The number of hydrogen-bond acceptors (Lipinski definition) is 1. The Kier molecular flexibility index (Phi) is 51.6. The Morgan fingerprint density at radius 3 is 1.43 bits per heavy atom. The first kappa shape index (κ1) is 23.0. The van der Waals surface area contributed by atoms with Crippen molar-refractivity contribution in [2.75, 3.05) is 0 Å². The van der Waals surface area contributed by atoms with Gasteiger partial charge in [-0.2, -0.15) is 0 Å². The van der Waals surface area contributed by atoms with Crippen molar-refractivity contribution in [1.29, 1.82) is 0 Å². The maximum Gasteiger partial charge on any atom is 2.00 e. The minimum Gasteiger partial charge on any atom is -1.00 e. The quantitative estimate of drug-likeness (QED) is 0.369. The van der Waals surface area contributed by atoms with Gasteiger partial charge in [0.05, 0.1) is 0 Å². The molecule has 40 valence electrons. The smallest absolute Gasteiger partial charge is 1.00 e. The molecule has 0 aliphatic carbocycles. The summed E-state index contributed by atoms with van der Waals surface area (Å²) in [5.74, 6) is 0. The second-order valence-electron chi connectivity index (χ2n) is 0.283. The van der Waals surface area contributed by atoms with Crippen LogP contribution in [0.1, 0.15) is 2.85 Å². The molecule has 0 spiro atoms. The van der Waals surface area contributed by atoms with E-state index < -0.39 is 8.25 Å². The van der Waals surface area contributed by atoms with Crippen LogP contribution in [0.15, 0.2) is 0 Å². The van der Waals surface area contributed by atoms with Gasteiger partial charge in [0.15, 0.2) is 0 Å². The fourth-order valence-electron chi connectivity index (χ4n) is 0. The van der Waals surface area contributed by atoms with Crippen LogP contribution in [0.25, 0.3) is 0 Å². The fraction of sp³-hybridized carbons (Fsp3) is 0. The second-order valence-corrected chi connectivity index (χ2v) is 0.848. The van der Waals surface area contributed by atoms with Gasteiger partial charge in [0, 0.05) is 19.5 Å². The SMILES string of the molecule is O.O=[PH](O)O.[Ca+2].[H-].[H-].[Zn]. The Balaban J connectivity index is -0.00000000450. The monoisotopic (exact) mass is 206 g/mol. The van der Waals surface area contributed by atoms with Gasteiger partial charge in [-0.25, -0.2) is 0 Å². The summed E-state index contributed by atoms with van der Waals surface area (Å²) in [5, 5.41) is 0. The minimum absolute atomic E-state index is 0. The summed E-state index contributed by atoms with van der Waals surface area (Å²) >= 11 is 0. The molecule has 0 aliphatic rings. The zero-order chi connectivity index (χ0) is 3.58. The van der Waals surface area contributed by atoms with Crippen LogP contribution in [0.3, 0.4) is 0 Å². The van der Waals surface area contributed by atoms with Crippen molar-refractivity contribution in [1.82, 2.24) is 0 Å². The van der Waals surface area contributed by atoms with E-state index in [1.54, 1.807) is 0 Å². The van der Waals surface area contributed by atoms with Crippen molar-refractivity contribution in [3.05, 3.63) is 0 Å². The molecule has 4 N–H and O–H groups in total. The van der Waals surface area contributed by atoms with Crippen molar-refractivity contribution in [2.45, 2.75) is 0 Å². The van der Waals surface area contributed by atoms with Gasteiger partial charge in [0.2, 0.25) is 0 Å². The maximum atomic E-state index is 8.74. The number of hydrogen-bond donors (Lipinski definition) is 2. The number of rotatable bonds is 0. The average Bonchev–Trinajstić information content (AvgIpc) is 0.811. The predicted octanol–water partition coefficient (Wildman–Crippen LogP) is -1.62. The van der Waals surface area contributed by atoms with Gasteiger partial charge in [-0.05, 0) is 0 Å². The summed E-state index contributed by atoms with van der Waals surface area (Å²) < 4.78 is 8.74. The predicted molar refractivity (Wildman–Crippen MR) is 25.0 cm³/mol. The molecule has 0 saturated carbocycles. The standard InChI is InChI=1S/Ca.H3O3P.H2O.Zn.2H/c;1-4(2)3;;;;/h;4H,(H2,1,2,3);1H2;;;/q+2;;;;2*-1. The third-order valence-electron chi connectivity index (χ3n) is 0. The van der Waals surface area contributed by atoms with E-state index in [1.807, 2.05) is 0 Å². The third-order valence-corrected chi connectivity index (χ3v) is 0. The van der Waals surface area contributed by atoms with Crippen molar-refractivity contribution in [3.63, 3.8) is 0 Å². The van der Waals surface area contributed by atoms with Gasteiger partial charge in [0.25, 0.3) is 0 Å². The summed E-state index contributed by atoms with van der Waals surface area (Å²) in [4.78, 5) is 14.3. The van der Waals surface area contributed by atoms with Crippen LogP contribution in [0.2, 0.25) is 0 Å². The van der Waals surface area contributed by atoms with E-state index in [0.717, 1.165) is 0 Å². The molecular weight excluding hydrogens is 200 g/mol. The van der Waals surface area contributed by atoms with Gasteiger partial charge in [-0.15, -0.1) is 0 Å². The van der Waals surface area contributed by atoms with Crippen molar-refractivity contribution in [2.24, 2.45) is 0 Å². The van der Waals surface area contributed by atoms with E-state index in [1.165, 1.54) is 0 Å². The summed E-state index contributed by atoms with van der Waals surface area (Å²) in [6.45, 7) is 0. The van der Waals surface area contributed by atoms with Gasteiger partial charge in [0.1, 0.15) is 0 Å². The normalized spacial score (nSPS) is 5.00. The molecule has 0 unspecified atom stereocenters. The van der Waals surface area contributed by atoms with Crippen LogP contribution in [-0.2, 0) is 24.0 Å². The van der Waals surface area contributed by atoms with Gasteiger partial charge in [-0.3, -0.25) is 4.57 Å². The molecule has 0 aromatic rings. The molecule has 0 fully saturated rings. The van der Waals surface area contributed by atoms with E-state index in [2.05, 4.69) is 0 Å². The molecule has 7 heavy (non-hydrogen) atoms. The molecule has 4 nitrogen and oxygen atoms in total. The van der Waals surface area contributed by atoms with E-state index in [9.17, 15) is 0 Å². The van der Waals surface area contributed by atoms with Gasteiger partial charge >= 0.3 is 46.0 Å². The first-order valence-corrected chi connectivity index (χ1v) is 1.95. The molecule has 0 amide bonds. The fourth-order valence-corrected chi connectivity index (χ4v) is 0. The molecule has 0 atom stereocenters. The van der Waals surface area contributed by atoms with Crippen LogP contribution >= 0.6 is 8.25 Å². The molecule has 0 aliphatic heterocycles. The summed E-state index contributed by atoms with van der Waals surface area (Å²) in [6.07, 6.45) is 0. The molecule has 7 heteroatoms. The van der Waals surface area contributed by atoms with Crippen molar-refractivity contribution >= 4 is 46.0 Å². The van der Waals surface area contributed by atoms with E-state index in [-0.39, 0.29) is 65.5 Å². The maximum absolute atomic E-state index is 8.74. The zero-order valence-corrected chi connectivity index (χ0v) is 9.89. The first-order valence-electron chi connectivity index (χ1n) is 0.651. The molecule has 0 saturated heterocycles. The Morgan fingerprint density at radius 2 is 1.43 bits per heavy atom. The Labute approximate surface area is 87.3 Å². The third kappa shape index (κ3) is 72.3. The van der Waals surface area contributed by atoms with E-state index >= 15 is 0 Å². The summed E-state index contributed by atoms with van der Waals surface area (Å²) in [6, 6.07) is 0. The van der Waals surface area contributed by atoms with Crippen molar-refractivity contribution < 1.29 is 42.2 Å². The van der Waals surface area contributed by atoms with Crippen molar-refractivity contribution in [3.8, 4) is 0 Å². The molecule has 0 aromatic heterocycles. The van der Waals surface area contributed by atoms with Gasteiger partial charge in [-0.1, -0.05) is 0 Å². The first-order chi connectivity index (χ1) is 1.73. The van der Waals surface area contributed by atoms with Crippen LogP contribution < -0.4 is 0 Å². The van der Waals surface area contributed by atoms with Crippen LogP contribution in [0, 0.1) is 0 Å². The second kappa shape index (κ2) is 15.7. The molecular formula is H7CaO4PZn. The van der Waals surface area contributed by atoms with E-state index in [0.29, 0.717) is 0 Å². The van der Waals surface area contributed by atoms with Gasteiger partial charge < -0.3 is 18.1 Å². The minimum atomic E-state index is -3.13. The largest absolute Gasteiger partial charge is 2.00 e. The topological polar surface area (TPSA) is 89.0 Å². The van der Waals surface area contributed by atoms with Crippen LogP contribution in [0.5, 0.6) is 0 Å². The molecule has 0 radical (unpaired) electrons. The Bertz CT molecular complexity index is 41.5. The van der Waals surface area contributed by atoms with E-state index in [4.69, 9.17) is 14.4 Å². The molecule has 0 rings (SSSR count). The van der Waals surface area contributed by atoms with Crippen LogP contribution in [-0.4, -0.2) is 53.0 Å². The molecule has 0 bridgehead atoms. The average molecular weight is 207 g/mol. The Morgan fingerprint density at radius 1 is 1.43 bits per heavy atom. The summed E-state index contributed by atoms with van der Waals surface area (Å²) in [5.41, 5.74) is 0. The zero-order valence-electron chi connectivity index (χ0n) is 5.72. The molecule has 0 heterocycles.